The Kier molecular flexibility index (Phi) is 6.94. The number of fused-ring (bicyclic) bond motifs is 1. The fourth-order valence-electron chi connectivity index (χ4n) is 6.66. The van der Waals surface area contributed by atoms with Crippen LogP contribution < -0.4 is 10.6 Å². The summed E-state index contributed by atoms with van der Waals surface area (Å²) in [6, 6.07) is 3.77. The number of benzene rings is 1. The number of para-hydroxylation sites is 1. The highest BCUT2D eigenvalue weighted by molar-refractivity contribution is 6.34. The van der Waals surface area contributed by atoms with Gasteiger partial charge < -0.3 is 25.4 Å². The summed E-state index contributed by atoms with van der Waals surface area (Å²) in [5, 5.41) is 16.4. The SMILES string of the molecule is CC[C@H](C)[C@H](CO)N1C(=O)[C@@H]2[C@@H](C(=O)NC)[C@@]3(CC)CCC2(O3)C1C(=O)Nc1c(C)cccc1Cl. The van der Waals surface area contributed by atoms with Gasteiger partial charge >= 0.3 is 0 Å². The Morgan fingerprint density at radius 3 is 2.57 bits per heavy atom. The molecule has 1 spiro atoms. The Labute approximate surface area is 211 Å². The predicted molar refractivity (Wildman–Crippen MR) is 133 cm³/mol. The van der Waals surface area contributed by atoms with Crippen molar-refractivity contribution in [2.24, 2.45) is 17.8 Å². The van der Waals surface area contributed by atoms with Crippen molar-refractivity contribution in [2.45, 2.75) is 76.7 Å². The van der Waals surface area contributed by atoms with Gasteiger partial charge in [0.25, 0.3) is 0 Å². The van der Waals surface area contributed by atoms with Crippen molar-refractivity contribution in [1.82, 2.24) is 10.2 Å². The lowest BCUT2D eigenvalue weighted by atomic mass is 9.65. The largest absolute Gasteiger partial charge is 0.394 e. The number of carbonyl (C=O) groups excluding carboxylic acids is 3. The molecule has 3 aliphatic heterocycles. The van der Waals surface area contributed by atoms with Crippen LogP contribution in [0.25, 0.3) is 0 Å². The van der Waals surface area contributed by atoms with E-state index in [1.165, 1.54) is 4.90 Å². The number of anilines is 1. The molecule has 3 fully saturated rings. The average molecular weight is 506 g/mol. The van der Waals surface area contributed by atoms with Gasteiger partial charge in [0.1, 0.15) is 11.6 Å². The lowest BCUT2D eigenvalue weighted by Gasteiger charge is -2.39. The fraction of sp³-hybridized carbons (Fsp3) is 0.654. The number of aliphatic hydroxyl groups excluding tert-OH is 1. The molecule has 2 unspecified atom stereocenters. The number of aryl methyl sites for hydroxylation is 1. The number of nitrogens with zero attached hydrogens (tertiary/aromatic N) is 1. The van der Waals surface area contributed by atoms with Gasteiger partial charge in [-0.25, -0.2) is 0 Å². The van der Waals surface area contributed by atoms with Crippen LogP contribution in [-0.2, 0) is 19.1 Å². The second-order valence-corrected chi connectivity index (χ2v) is 10.7. The van der Waals surface area contributed by atoms with E-state index >= 15 is 0 Å². The lowest BCUT2D eigenvalue weighted by molar-refractivity contribution is -0.150. The standard InChI is InChI=1S/C26H36ClN3O5/c1-6-14(3)17(13-31)30-21(23(33)29-20-15(4)9-8-10-16(20)27)26-12-11-25(7-2,35-26)18(22(32)28-5)19(26)24(30)34/h8-10,14,17-19,21,31H,6-7,11-13H2,1-5H3,(H,28,32)(H,29,33)/t14-,17-,18-,19-,21?,25+,26?/m0/s1. The number of halogens is 1. The van der Waals surface area contributed by atoms with Crippen molar-refractivity contribution >= 4 is 35.0 Å². The molecule has 1 aromatic rings. The third-order valence-corrected chi connectivity index (χ3v) is 9.03. The van der Waals surface area contributed by atoms with Crippen LogP contribution in [0.15, 0.2) is 18.2 Å². The summed E-state index contributed by atoms with van der Waals surface area (Å²) in [6.45, 7) is 7.45. The Balaban J connectivity index is 1.85. The molecule has 3 N–H and O–H groups in total. The molecule has 1 aromatic carbocycles. The molecule has 4 rings (SSSR count). The molecule has 8 nitrogen and oxygen atoms in total. The number of ether oxygens (including phenoxy) is 1. The highest BCUT2D eigenvalue weighted by Gasteiger charge is 2.79. The van der Waals surface area contributed by atoms with Gasteiger partial charge in [-0.1, -0.05) is 50.9 Å². The number of hydrogen-bond donors (Lipinski definition) is 3. The van der Waals surface area contributed by atoms with E-state index in [0.29, 0.717) is 36.4 Å². The van der Waals surface area contributed by atoms with Gasteiger partial charge in [0, 0.05) is 7.05 Å². The van der Waals surface area contributed by atoms with Gasteiger partial charge in [-0.3, -0.25) is 14.4 Å². The number of carbonyl (C=O) groups is 3. The number of aliphatic hydroxyl groups is 1. The van der Waals surface area contributed by atoms with Gasteiger partial charge in [0.2, 0.25) is 17.7 Å². The summed E-state index contributed by atoms with van der Waals surface area (Å²) in [5.74, 6) is -2.52. The molecule has 3 heterocycles. The molecular weight excluding hydrogens is 470 g/mol. The van der Waals surface area contributed by atoms with E-state index < -0.39 is 41.0 Å². The normalized spacial score (nSPS) is 32.9. The van der Waals surface area contributed by atoms with E-state index in [9.17, 15) is 19.5 Å². The molecule has 3 saturated heterocycles. The van der Waals surface area contributed by atoms with Crippen molar-refractivity contribution in [2.75, 3.05) is 19.0 Å². The molecule has 192 valence electrons. The monoisotopic (exact) mass is 505 g/mol. The van der Waals surface area contributed by atoms with E-state index in [1.807, 2.05) is 33.8 Å². The lowest BCUT2D eigenvalue weighted by Crippen LogP contribution is -2.57. The second kappa shape index (κ2) is 9.37. The van der Waals surface area contributed by atoms with E-state index in [4.69, 9.17) is 16.3 Å². The van der Waals surface area contributed by atoms with E-state index in [-0.39, 0.29) is 24.3 Å². The number of nitrogens with one attached hydrogen (secondary N) is 2. The molecule has 0 radical (unpaired) electrons. The summed E-state index contributed by atoms with van der Waals surface area (Å²) in [4.78, 5) is 42.8. The van der Waals surface area contributed by atoms with Gasteiger partial charge in [0.15, 0.2) is 0 Å². The Morgan fingerprint density at radius 2 is 2.00 bits per heavy atom. The van der Waals surface area contributed by atoms with Crippen LogP contribution in [0.2, 0.25) is 5.02 Å². The van der Waals surface area contributed by atoms with Gasteiger partial charge in [0.05, 0.1) is 40.8 Å². The molecular formula is C26H36ClN3O5. The van der Waals surface area contributed by atoms with E-state index in [2.05, 4.69) is 10.6 Å². The molecule has 7 atom stereocenters. The Morgan fingerprint density at radius 1 is 1.29 bits per heavy atom. The summed E-state index contributed by atoms with van der Waals surface area (Å²) < 4.78 is 6.70. The molecule has 0 saturated carbocycles. The van der Waals surface area contributed by atoms with Crippen molar-refractivity contribution in [1.29, 1.82) is 0 Å². The predicted octanol–water partition coefficient (Wildman–Crippen LogP) is 2.89. The summed E-state index contributed by atoms with van der Waals surface area (Å²) in [6.07, 6.45) is 2.34. The van der Waals surface area contributed by atoms with Gasteiger partial charge in [-0.15, -0.1) is 0 Å². The first-order valence-corrected chi connectivity index (χ1v) is 12.9. The minimum atomic E-state index is -1.15. The first kappa shape index (κ1) is 25.9. The highest BCUT2D eigenvalue weighted by atomic mass is 35.5. The van der Waals surface area contributed by atoms with Crippen LogP contribution in [0.4, 0.5) is 5.69 Å². The maximum absolute atomic E-state index is 14.1. The molecule has 35 heavy (non-hydrogen) atoms. The first-order chi connectivity index (χ1) is 16.6. The topological polar surface area (TPSA) is 108 Å². The van der Waals surface area contributed by atoms with Gasteiger partial charge in [-0.05, 0) is 43.7 Å². The van der Waals surface area contributed by atoms with Crippen molar-refractivity contribution in [3.8, 4) is 0 Å². The minimum Gasteiger partial charge on any atom is -0.394 e. The van der Waals surface area contributed by atoms with Crippen LogP contribution in [0.5, 0.6) is 0 Å². The first-order valence-electron chi connectivity index (χ1n) is 12.5. The van der Waals surface area contributed by atoms with Crippen molar-refractivity contribution in [3.63, 3.8) is 0 Å². The molecule has 2 bridgehead atoms. The second-order valence-electron chi connectivity index (χ2n) is 10.2. The molecule has 9 heteroatoms. The maximum Gasteiger partial charge on any atom is 0.250 e. The van der Waals surface area contributed by atoms with Crippen LogP contribution in [0.3, 0.4) is 0 Å². The Hall–Kier alpha value is -2.16. The zero-order valence-corrected chi connectivity index (χ0v) is 21.8. The third kappa shape index (κ3) is 3.67. The number of amides is 3. The van der Waals surface area contributed by atoms with E-state index in [0.717, 1.165) is 5.56 Å². The fourth-order valence-corrected chi connectivity index (χ4v) is 6.93. The smallest absolute Gasteiger partial charge is 0.250 e. The molecule has 0 aliphatic carbocycles. The van der Waals surface area contributed by atoms with Crippen LogP contribution in [0, 0.1) is 24.7 Å². The van der Waals surface area contributed by atoms with Crippen LogP contribution in [0.1, 0.15) is 52.0 Å². The van der Waals surface area contributed by atoms with Crippen molar-refractivity contribution < 1.29 is 24.2 Å². The number of rotatable bonds is 8. The molecule has 0 aromatic heterocycles. The summed E-state index contributed by atoms with van der Waals surface area (Å²) in [7, 11) is 1.56. The van der Waals surface area contributed by atoms with Gasteiger partial charge in [-0.2, -0.15) is 0 Å². The highest BCUT2D eigenvalue weighted by Crippen LogP contribution is 2.64. The summed E-state index contributed by atoms with van der Waals surface area (Å²) in [5.41, 5.74) is -0.668. The van der Waals surface area contributed by atoms with E-state index in [1.54, 1.807) is 19.2 Å². The number of likely N-dealkylation sites (tertiary alicyclic amines) is 1. The average Bonchev–Trinajstić information content (AvgIpc) is 3.45. The van der Waals surface area contributed by atoms with Crippen LogP contribution in [-0.4, -0.2) is 64.7 Å². The zero-order chi connectivity index (χ0) is 25.7. The maximum atomic E-state index is 14.1. The Bertz CT molecular complexity index is 1010. The quantitative estimate of drug-likeness (QED) is 0.503. The third-order valence-electron chi connectivity index (χ3n) is 8.71. The summed E-state index contributed by atoms with van der Waals surface area (Å²) >= 11 is 6.40. The minimum absolute atomic E-state index is 0.0627. The van der Waals surface area contributed by atoms with Crippen LogP contribution >= 0.6 is 11.6 Å². The zero-order valence-electron chi connectivity index (χ0n) is 21.1. The van der Waals surface area contributed by atoms with Crippen molar-refractivity contribution in [3.05, 3.63) is 28.8 Å². The number of hydrogen-bond acceptors (Lipinski definition) is 5. The molecule has 3 aliphatic rings. The molecule has 3 amide bonds.